The molecule has 0 aliphatic carbocycles. The zero-order valence-corrected chi connectivity index (χ0v) is 11.1. The highest BCUT2D eigenvalue weighted by atomic mass is 79.9. The molecule has 16 heavy (non-hydrogen) atoms. The number of nitrogens with zero attached hydrogens (tertiary/aromatic N) is 3. The molecular weight excluding hydrogens is 270 g/mol. The van der Waals surface area contributed by atoms with Gasteiger partial charge in [-0.05, 0) is 28.1 Å². The van der Waals surface area contributed by atoms with Gasteiger partial charge in [0.15, 0.2) is 0 Å². The summed E-state index contributed by atoms with van der Waals surface area (Å²) in [5.41, 5.74) is 0.716. The third kappa shape index (κ3) is 2.82. The van der Waals surface area contributed by atoms with Crippen molar-refractivity contribution in [3.63, 3.8) is 0 Å². The zero-order chi connectivity index (χ0) is 12.1. The Balaban J connectivity index is 0.000000606. The summed E-state index contributed by atoms with van der Waals surface area (Å²) in [6.45, 7) is 4.00. The highest BCUT2D eigenvalue weighted by Crippen LogP contribution is 2.08. The minimum atomic E-state index is -0.0471. The van der Waals surface area contributed by atoms with Crippen LogP contribution in [0.3, 0.4) is 0 Å². The second-order valence-corrected chi connectivity index (χ2v) is 3.73. The number of halogens is 1. The maximum absolute atomic E-state index is 11.3. The number of rotatable bonds is 1. The van der Waals surface area contributed by atoms with E-state index in [1.54, 1.807) is 30.2 Å². The van der Waals surface area contributed by atoms with Gasteiger partial charge in [-0.25, -0.2) is 4.68 Å². The molecule has 2 aromatic heterocycles. The SMILES string of the molecule is CC.Cn1ccc(-n2ccc(Br)n2)cc1=O. The van der Waals surface area contributed by atoms with Crippen LogP contribution in [0.5, 0.6) is 0 Å². The Kier molecular flexibility index (Phi) is 4.49. The summed E-state index contributed by atoms with van der Waals surface area (Å²) >= 11 is 3.25. The summed E-state index contributed by atoms with van der Waals surface area (Å²) in [7, 11) is 1.71. The molecule has 0 amide bonds. The lowest BCUT2D eigenvalue weighted by molar-refractivity contribution is 0.823. The maximum atomic E-state index is 11.3. The third-order valence-corrected chi connectivity index (χ3v) is 2.33. The van der Waals surface area contributed by atoms with Crippen LogP contribution in [0.15, 0.2) is 40.0 Å². The van der Waals surface area contributed by atoms with Crippen molar-refractivity contribution in [2.45, 2.75) is 13.8 Å². The van der Waals surface area contributed by atoms with Gasteiger partial charge < -0.3 is 4.57 Å². The van der Waals surface area contributed by atoms with E-state index in [9.17, 15) is 4.79 Å². The Bertz CT molecular complexity index is 516. The predicted molar refractivity (Wildman–Crippen MR) is 67.9 cm³/mol. The topological polar surface area (TPSA) is 39.8 Å². The van der Waals surface area contributed by atoms with Crippen molar-refractivity contribution in [1.82, 2.24) is 14.3 Å². The molecule has 0 aromatic carbocycles. The minimum absolute atomic E-state index is 0.0471. The molecule has 0 saturated heterocycles. The van der Waals surface area contributed by atoms with E-state index in [2.05, 4.69) is 21.0 Å². The van der Waals surface area contributed by atoms with E-state index in [1.807, 2.05) is 26.0 Å². The number of pyridine rings is 1. The van der Waals surface area contributed by atoms with Gasteiger partial charge in [-0.1, -0.05) is 13.8 Å². The highest BCUT2D eigenvalue weighted by Gasteiger charge is 1.99. The van der Waals surface area contributed by atoms with Gasteiger partial charge in [-0.15, -0.1) is 0 Å². The minimum Gasteiger partial charge on any atom is -0.318 e. The second kappa shape index (κ2) is 5.65. The average Bonchev–Trinajstić information content (AvgIpc) is 2.72. The van der Waals surface area contributed by atoms with E-state index in [0.717, 1.165) is 10.3 Å². The fourth-order valence-electron chi connectivity index (χ4n) is 1.13. The van der Waals surface area contributed by atoms with Gasteiger partial charge >= 0.3 is 0 Å². The van der Waals surface area contributed by atoms with Gasteiger partial charge in [0.1, 0.15) is 4.60 Å². The lowest BCUT2D eigenvalue weighted by atomic mass is 10.4. The fourth-order valence-corrected chi connectivity index (χ4v) is 1.42. The lowest BCUT2D eigenvalue weighted by Gasteiger charge is -2.01. The molecular formula is C11H14BrN3O. The summed E-state index contributed by atoms with van der Waals surface area (Å²) < 4.78 is 3.91. The van der Waals surface area contributed by atoms with Crippen LogP contribution in [-0.2, 0) is 7.05 Å². The molecule has 2 rings (SSSR count). The van der Waals surface area contributed by atoms with Crippen LogP contribution in [0.1, 0.15) is 13.8 Å². The molecule has 4 nitrogen and oxygen atoms in total. The molecule has 2 aromatic rings. The Hall–Kier alpha value is -1.36. The van der Waals surface area contributed by atoms with Gasteiger partial charge in [-0.3, -0.25) is 4.79 Å². The Morgan fingerprint density at radius 2 is 1.94 bits per heavy atom. The van der Waals surface area contributed by atoms with E-state index in [0.29, 0.717) is 0 Å². The first-order valence-electron chi connectivity index (χ1n) is 5.05. The quantitative estimate of drug-likeness (QED) is 0.806. The van der Waals surface area contributed by atoms with Crippen LogP contribution in [0.4, 0.5) is 0 Å². The van der Waals surface area contributed by atoms with E-state index in [4.69, 9.17) is 0 Å². The molecule has 0 fully saturated rings. The lowest BCUT2D eigenvalue weighted by Crippen LogP contribution is -2.15. The van der Waals surface area contributed by atoms with Crippen LogP contribution < -0.4 is 5.56 Å². The van der Waals surface area contributed by atoms with Gasteiger partial charge in [0.25, 0.3) is 5.56 Å². The smallest absolute Gasteiger partial charge is 0.252 e. The average molecular weight is 284 g/mol. The summed E-state index contributed by atoms with van der Waals surface area (Å²) in [5.74, 6) is 0. The first-order chi connectivity index (χ1) is 7.66. The number of hydrogen-bond acceptors (Lipinski definition) is 2. The van der Waals surface area contributed by atoms with Crippen LogP contribution >= 0.6 is 15.9 Å². The molecule has 0 unspecified atom stereocenters. The van der Waals surface area contributed by atoms with Crippen molar-refractivity contribution in [3.8, 4) is 5.69 Å². The van der Waals surface area contributed by atoms with Crippen molar-refractivity contribution >= 4 is 15.9 Å². The van der Waals surface area contributed by atoms with E-state index in [1.165, 1.54) is 4.57 Å². The van der Waals surface area contributed by atoms with Crippen LogP contribution in [0.2, 0.25) is 0 Å². The van der Waals surface area contributed by atoms with E-state index >= 15 is 0 Å². The normalized spacial score (nSPS) is 9.50. The first-order valence-corrected chi connectivity index (χ1v) is 5.84. The van der Waals surface area contributed by atoms with Crippen molar-refractivity contribution < 1.29 is 0 Å². The van der Waals surface area contributed by atoms with Gasteiger partial charge in [0.05, 0.1) is 5.69 Å². The predicted octanol–water partition coefficient (Wildman–Crippen LogP) is 2.36. The standard InChI is InChI=1S/C9H8BrN3O.C2H6/c1-12-4-2-7(6-9(12)14)13-5-3-8(10)11-13;1-2/h2-6H,1H3;1-2H3. The zero-order valence-electron chi connectivity index (χ0n) is 9.51. The molecule has 0 saturated carbocycles. The molecule has 2 heterocycles. The molecule has 0 aliphatic rings. The number of aromatic nitrogens is 3. The van der Waals surface area contributed by atoms with E-state index < -0.39 is 0 Å². The molecule has 86 valence electrons. The van der Waals surface area contributed by atoms with Gasteiger partial charge in [0, 0.05) is 25.5 Å². The molecule has 0 bridgehead atoms. The largest absolute Gasteiger partial charge is 0.318 e. The Morgan fingerprint density at radius 3 is 2.44 bits per heavy atom. The van der Waals surface area contributed by atoms with Crippen LogP contribution in [0.25, 0.3) is 5.69 Å². The monoisotopic (exact) mass is 283 g/mol. The van der Waals surface area contributed by atoms with Gasteiger partial charge in [-0.2, -0.15) is 5.10 Å². The summed E-state index contributed by atoms with van der Waals surface area (Å²) in [4.78, 5) is 11.3. The number of aryl methyl sites for hydroxylation is 1. The Labute approximate surface area is 103 Å². The van der Waals surface area contributed by atoms with Crippen LogP contribution in [0, 0.1) is 0 Å². The van der Waals surface area contributed by atoms with Crippen molar-refractivity contribution in [1.29, 1.82) is 0 Å². The van der Waals surface area contributed by atoms with E-state index in [-0.39, 0.29) is 5.56 Å². The molecule has 0 radical (unpaired) electrons. The van der Waals surface area contributed by atoms with Gasteiger partial charge in [0.2, 0.25) is 0 Å². The molecule has 5 heteroatoms. The summed E-state index contributed by atoms with van der Waals surface area (Å²) in [6, 6.07) is 5.19. The molecule has 0 atom stereocenters. The van der Waals surface area contributed by atoms with Crippen molar-refractivity contribution in [2.24, 2.45) is 7.05 Å². The first kappa shape index (κ1) is 12.7. The van der Waals surface area contributed by atoms with Crippen LogP contribution in [-0.4, -0.2) is 14.3 Å². The second-order valence-electron chi connectivity index (χ2n) is 2.92. The summed E-state index contributed by atoms with van der Waals surface area (Å²) in [6.07, 6.45) is 3.51. The number of hydrogen-bond donors (Lipinski definition) is 0. The molecule has 0 spiro atoms. The molecule has 0 N–H and O–H groups in total. The summed E-state index contributed by atoms with van der Waals surface area (Å²) in [5, 5.41) is 4.14. The Morgan fingerprint density at radius 1 is 1.25 bits per heavy atom. The highest BCUT2D eigenvalue weighted by molar-refractivity contribution is 9.10. The fraction of sp³-hybridized carbons (Fsp3) is 0.273. The van der Waals surface area contributed by atoms with Crippen molar-refractivity contribution in [3.05, 3.63) is 45.5 Å². The van der Waals surface area contributed by atoms with Crippen molar-refractivity contribution in [2.75, 3.05) is 0 Å². The third-order valence-electron chi connectivity index (χ3n) is 1.91. The molecule has 0 aliphatic heterocycles. The maximum Gasteiger partial charge on any atom is 0.252 e.